The molecule has 1 aliphatic rings. The molecule has 0 bridgehead atoms. The van der Waals surface area contributed by atoms with Gasteiger partial charge >= 0.3 is 5.97 Å². The van der Waals surface area contributed by atoms with Crippen LogP contribution in [0.4, 0.5) is 0 Å². The van der Waals surface area contributed by atoms with Crippen LogP contribution in [0.15, 0.2) is 29.2 Å². The normalized spacial score (nSPS) is 13.9. The summed E-state index contributed by atoms with van der Waals surface area (Å²) in [4.78, 5) is 12.8. The Balaban J connectivity index is 1.93. The van der Waals surface area contributed by atoms with Crippen LogP contribution < -0.4 is 4.74 Å². The first-order valence-corrected chi connectivity index (χ1v) is 14.2. The Labute approximate surface area is 209 Å². The molecule has 0 saturated carbocycles. The van der Waals surface area contributed by atoms with E-state index in [-0.39, 0.29) is 16.5 Å². The second kappa shape index (κ2) is 12.6. The summed E-state index contributed by atoms with van der Waals surface area (Å²) in [5.74, 6) is 10.2. The lowest BCUT2D eigenvalue weighted by molar-refractivity contribution is -0.142. The standard InChI is InChI=1S/C25H30N2O3S3/c1-5-29-24(28)16-20-12-11-19(26-27-20)10-9-18-15-21-22(17-23(18)31-6-2)30-14-13-25(21,32-7-3)33-8-4/h11-12,15,17H,5-8,13-14,16H2,1-4H3. The number of fused-ring (bicyclic) bond motifs is 1. The van der Waals surface area contributed by atoms with Gasteiger partial charge in [-0.2, -0.15) is 5.10 Å². The number of aromatic nitrogens is 2. The lowest BCUT2D eigenvalue weighted by Crippen LogP contribution is -2.27. The van der Waals surface area contributed by atoms with Crippen molar-refractivity contribution in [1.82, 2.24) is 10.2 Å². The fraction of sp³-hybridized carbons (Fsp3) is 0.480. The highest BCUT2D eigenvalue weighted by Gasteiger charge is 2.38. The van der Waals surface area contributed by atoms with Gasteiger partial charge in [-0.15, -0.1) is 40.4 Å². The molecule has 1 aromatic heterocycles. The number of hydrogen-bond acceptors (Lipinski definition) is 8. The Morgan fingerprint density at radius 1 is 1.09 bits per heavy atom. The minimum atomic E-state index is -0.304. The summed E-state index contributed by atoms with van der Waals surface area (Å²) in [5, 5.41) is 8.32. The van der Waals surface area contributed by atoms with Gasteiger partial charge in [-0.05, 0) is 54.4 Å². The van der Waals surface area contributed by atoms with Crippen molar-refractivity contribution in [2.75, 3.05) is 30.5 Å². The van der Waals surface area contributed by atoms with Crippen LogP contribution in [0.1, 0.15) is 56.6 Å². The van der Waals surface area contributed by atoms with Gasteiger partial charge < -0.3 is 9.47 Å². The van der Waals surface area contributed by atoms with Crippen molar-refractivity contribution in [3.05, 3.63) is 46.8 Å². The van der Waals surface area contributed by atoms with Gasteiger partial charge in [0.2, 0.25) is 0 Å². The largest absolute Gasteiger partial charge is 0.493 e. The molecule has 33 heavy (non-hydrogen) atoms. The van der Waals surface area contributed by atoms with Gasteiger partial charge in [-0.25, -0.2) is 0 Å². The van der Waals surface area contributed by atoms with Crippen LogP contribution in [-0.4, -0.2) is 46.6 Å². The maximum absolute atomic E-state index is 11.6. The number of thioether (sulfide) groups is 3. The second-order valence-electron chi connectivity index (χ2n) is 7.14. The van der Waals surface area contributed by atoms with Crippen LogP contribution >= 0.6 is 35.3 Å². The van der Waals surface area contributed by atoms with Crippen molar-refractivity contribution in [3.63, 3.8) is 0 Å². The van der Waals surface area contributed by atoms with Gasteiger partial charge in [0.25, 0.3) is 0 Å². The van der Waals surface area contributed by atoms with Crippen LogP contribution in [0.2, 0.25) is 0 Å². The Morgan fingerprint density at radius 3 is 2.52 bits per heavy atom. The Morgan fingerprint density at radius 2 is 1.88 bits per heavy atom. The van der Waals surface area contributed by atoms with E-state index in [1.165, 1.54) is 5.56 Å². The molecule has 2 aromatic rings. The molecule has 0 saturated heterocycles. The van der Waals surface area contributed by atoms with E-state index in [1.54, 1.807) is 30.8 Å². The highest BCUT2D eigenvalue weighted by Crippen LogP contribution is 2.55. The number of carbonyl (C=O) groups excluding carboxylic acids is 1. The number of benzene rings is 1. The highest BCUT2D eigenvalue weighted by molar-refractivity contribution is 8.17. The average Bonchev–Trinajstić information content (AvgIpc) is 2.80. The number of esters is 1. The molecule has 2 heterocycles. The van der Waals surface area contributed by atoms with Gasteiger partial charge in [-0.1, -0.05) is 26.7 Å². The third kappa shape index (κ3) is 6.62. The van der Waals surface area contributed by atoms with E-state index in [1.807, 2.05) is 23.5 Å². The number of nitrogens with zero attached hydrogens (tertiary/aromatic N) is 2. The van der Waals surface area contributed by atoms with Gasteiger partial charge in [0.05, 0.1) is 29.4 Å². The molecular formula is C25H30N2O3S3. The molecule has 0 unspecified atom stereocenters. The second-order valence-corrected chi connectivity index (χ2v) is 11.8. The summed E-state index contributed by atoms with van der Waals surface area (Å²) in [6, 6.07) is 7.94. The van der Waals surface area contributed by atoms with Crippen molar-refractivity contribution in [1.29, 1.82) is 0 Å². The van der Waals surface area contributed by atoms with Crippen LogP contribution in [0.25, 0.3) is 0 Å². The Kier molecular flexibility index (Phi) is 9.84. The first-order valence-electron chi connectivity index (χ1n) is 11.3. The average molecular weight is 503 g/mol. The topological polar surface area (TPSA) is 61.3 Å². The fourth-order valence-electron chi connectivity index (χ4n) is 3.60. The minimum Gasteiger partial charge on any atom is -0.493 e. The van der Waals surface area contributed by atoms with E-state index in [2.05, 4.69) is 54.9 Å². The van der Waals surface area contributed by atoms with Gasteiger partial charge in [0.1, 0.15) is 11.4 Å². The number of carbonyl (C=O) groups is 1. The highest BCUT2D eigenvalue weighted by atomic mass is 32.2. The van der Waals surface area contributed by atoms with Gasteiger partial charge in [0.15, 0.2) is 0 Å². The molecule has 0 fully saturated rings. The van der Waals surface area contributed by atoms with Crippen molar-refractivity contribution < 1.29 is 14.3 Å². The van der Waals surface area contributed by atoms with Gasteiger partial charge in [0, 0.05) is 22.4 Å². The molecule has 0 aliphatic carbocycles. The summed E-state index contributed by atoms with van der Waals surface area (Å²) < 4.78 is 11.1. The van der Waals surface area contributed by atoms with Crippen molar-refractivity contribution in [2.45, 2.75) is 49.5 Å². The zero-order valence-corrected chi connectivity index (χ0v) is 22.1. The Bertz CT molecular complexity index is 1010. The summed E-state index contributed by atoms with van der Waals surface area (Å²) in [7, 11) is 0. The first-order chi connectivity index (χ1) is 16.0. The molecule has 0 spiro atoms. The molecule has 0 N–H and O–H groups in total. The van der Waals surface area contributed by atoms with Gasteiger partial charge in [-0.3, -0.25) is 4.79 Å². The van der Waals surface area contributed by atoms with E-state index in [9.17, 15) is 4.79 Å². The van der Waals surface area contributed by atoms with Crippen LogP contribution in [0, 0.1) is 11.8 Å². The monoisotopic (exact) mass is 502 g/mol. The van der Waals surface area contributed by atoms with E-state index in [0.717, 1.165) is 46.5 Å². The van der Waals surface area contributed by atoms with E-state index in [0.29, 0.717) is 18.0 Å². The zero-order valence-electron chi connectivity index (χ0n) is 19.6. The summed E-state index contributed by atoms with van der Waals surface area (Å²) in [6.07, 6.45) is 1.10. The third-order valence-electron chi connectivity index (χ3n) is 4.91. The lowest BCUT2D eigenvalue weighted by Gasteiger charge is -2.38. The summed E-state index contributed by atoms with van der Waals surface area (Å²) >= 11 is 5.74. The predicted molar refractivity (Wildman–Crippen MR) is 139 cm³/mol. The molecule has 0 amide bonds. The molecule has 176 valence electrons. The fourth-order valence-corrected chi connectivity index (χ4v) is 7.43. The van der Waals surface area contributed by atoms with Crippen molar-refractivity contribution >= 4 is 41.3 Å². The van der Waals surface area contributed by atoms with Crippen LogP contribution in [0.5, 0.6) is 5.75 Å². The van der Waals surface area contributed by atoms with E-state index in [4.69, 9.17) is 9.47 Å². The molecular weight excluding hydrogens is 472 g/mol. The van der Waals surface area contributed by atoms with E-state index < -0.39 is 0 Å². The lowest BCUT2D eigenvalue weighted by atomic mass is 10.0. The smallest absolute Gasteiger partial charge is 0.311 e. The maximum Gasteiger partial charge on any atom is 0.311 e. The number of ether oxygens (including phenoxy) is 2. The van der Waals surface area contributed by atoms with E-state index >= 15 is 0 Å². The molecule has 1 aromatic carbocycles. The third-order valence-corrected chi connectivity index (χ3v) is 8.91. The molecule has 0 atom stereocenters. The quantitative estimate of drug-likeness (QED) is 0.192. The molecule has 5 nitrogen and oxygen atoms in total. The number of hydrogen-bond donors (Lipinski definition) is 0. The minimum absolute atomic E-state index is 0.00250. The summed E-state index contributed by atoms with van der Waals surface area (Å²) in [5.41, 5.74) is 3.36. The molecule has 0 radical (unpaired) electrons. The first kappa shape index (κ1) is 25.8. The van der Waals surface area contributed by atoms with Crippen LogP contribution in [0.3, 0.4) is 0 Å². The van der Waals surface area contributed by atoms with Crippen molar-refractivity contribution in [3.8, 4) is 17.6 Å². The molecule has 1 aliphatic heterocycles. The molecule has 8 heteroatoms. The predicted octanol–water partition coefficient (Wildman–Crippen LogP) is 5.54. The maximum atomic E-state index is 11.6. The number of rotatable bonds is 9. The SMILES string of the molecule is CCOC(=O)Cc1ccc(C#Cc2cc3c(cc2SCC)OCCC3(SCC)SCC)nn1. The van der Waals surface area contributed by atoms with Crippen LogP contribution in [-0.2, 0) is 20.0 Å². The zero-order chi connectivity index (χ0) is 23.7. The summed E-state index contributed by atoms with van der Waals surface area (Å²) in [6.45, 7) is 9.44. The molecule has 3 rings (SSSR count). The van der Waals surface area contributed by atoms with Crippen molar-refractivity contribution in [2.24, 2.45) is 0 Å². The Hall–Kier alpha value is -1.82.